The van der Waals surface area contributed by atoms with Crippen LogP contribution < -0.4 is 21.2 Å². The largest absolute Gasteiger partial charge is 0.273 e. The van der Waals surface area contributed by atoms with Crippen LogP contribution in [0, 0.1) is 0 Å². The molecule has 0 atom stereocenters. The van der Waals surface area contributed by atoms with Gasteiger partial charge in [-0.15, -0.1) is 0 Å². The Bertz CT molecular complexity index is 1620. The van der Waals surface area contributed by atoms with Gasteiger partial charge in [-0.2, -0.15) is 0 Å². The van der Waals surface area contributed by atoms with Crippen molar-refractivity contribution < 1.29 is 0 Å². The highest BCUT2D eigenvalue weighted by atomic mass is 31.1. The number of nitrogens with zero attached hydrogens (tertiary/aromatic N) is 1. The molecule has 0 fully saturated rings. The zero-order chi connectivity index (χ0) is 30.9. The zero-order valence-corrected chi connectivity index (χ0v) is 27.5. The molecule has 220 valence electrons. The van der Waals surface area contributed by atoms with Crippen LogP contribution >= 0.6 is 15.8 Å². The predicted molar refractivity (Wildman–Crippen MR) is 200 cm³/mol. The molecule has 0 aromatic heterocycles. The van der Waals surface area contributed by atoms with E-state index in [0.717, 1.165) is 11.0 Å². The Morgan fingerprint density at radius 2 is 0.733 bits per heavy atom. The van der Waals surface area contributed by atoms with Crippen LogP contribution in [0.15, 0.2) is 193 Å². The third-order valence-corrected chi connectivity index (χ3v) is 12.4. The Hall–Kier alpha value is -4.41. The van der Waals surface area contributed by atoms with Crippen molar-refractivity contribution in [3.63, 3.8) is 0 Å². The molecule has 0 bridgehead atoms. The second-order valence-corrected chi connectivity index (χ2v) is 15.7. The lowest BCUT2D eigenvalue weighted by Crippen LogP contribution is -2.24. The molecule has 0 spiro atoms. The van der Waals surface area contributed by atoms with Gasteiger partial charge in [0.2, 0.25) is 0 Å². The summed E-state index contributed by atoms with van der Waals surface area (Å²) in [6.45, 7) is 4.51. The van der Waals surface area contributed by atoms with Crippen molar-refractivity contribution in [2.45, 2.75) is 19.4 Å². The minimum Gasteiger partial charge on any atom is -0.273 e. The molecular formula is C42H37NP2. The summed E-state index contributed by atoms with van der Waals surface area (Å²) >= 11 is 0. The summed E-state index contributed by atoms with van der Waals surface area (Å²) in [7, 11) is -1.75. The topological polar surface area (TPSA) is 12.4 Å². The maximum atomic E-state index is 5.75. The summed E-state index contributed by atoms with van der Waals surface area (Å²) < 4.78 is 0. The van der Waals surface area contributed by atoms with Gasteiger partial charge in [0.15, 0.2) is 0 Å². The maximum Gasteiger partial charge on any atom is 0.0749 e. The van der Waals surface area contributed by atoms with E-state index in [9.17, 15) is 0 Å². The van der Waals surface area contributed by atoms with Crippen molar-refractivity contribution in [3.8, 4) is 0 Å². The fraction of sp³-hybridized carbons (Fsp3) is 0.0714. The van der Waals surface area contributed by atoms with Gasteiger partial charge >= 0.3 is 0 Å². The SMILES string of the molecule is CC(C)(C=C(c1ccccc1)P(c1ccccc1)c1ccccc1)N=C(c1ccccc1)P(c1ccccc1)c1ccccc1. The van der Waals surface area contributed by atoms with Crippen molar-refractivity contribution in [3.05, 3.63) is 199 Å². The minimum absolute atomic E-state index is 0.509. The van der Waals surface area contributed by atoms with Gasteiger partial charge in [-0.05, 0) is 59.9 Å². The molecule has 1 nitrogen and oxygen atoms in total. The third kappa shape index (κ3) is 7.64. The highest BCUT2D eigenvalue weighted by molar-refractivity contribution is 7.88. The summed E-state index contributed by atoms with van der Waals surface area (Å²) in [6, 6.07) is 65.2. The maximum absolute atomic E-state index is 5.75. The van der Waals surface area contributed by atoms with Crippen LogP contribution in [0.5, 0.6) is 0 Å². The van der Waals surface area contributed by atoms with E-state index in [1.807, 2.05) is 0 Å². The first-order valence-corrected chi connectivity index (χ1v) is 18.0. The van der Waals surface area contributed by atoms with E-state index in [1.165, 1.54) is 32.1 Å². The Balaban J connectivity index is 1.58. The van der Waals surface area contributed by atoms with Crippen LogP contribution in [0.3, 0.4) is 0 Å². The molecule has 0 unspecified atom stereocenters. The third-order valence-electron chi connectivity index (χ3n) is 7.50. The lowest BCUT2D eigenvalue weighted by molar-refractivity contribution is 0.662. The second-order valence-electron chi connectivity index (χ2n) is 11.4. The van der Waals surface area contributed by atoms with Gasteiger partial charge in [-0.25, -0.2) is 0 Å². The molecule has 0 saturated carbocycles. The van der Waals surface area contributed by atoms with Gasteiger partial charge < -0.3 is 0 Å². The van der Waals surface area contributed by atoms with Crippen molar-refractivity contribution in [2.24, 2.45) is 4.99 Å². The fourth-order valence-electron chi connectivity index (χ4n) is 5.49. The second kappa shape index (κ2) is 14.6. The number of rotatable bonds is 10. The average molecular weight is 618 g/mol. The van der Waals surface area contributed by atoms with Crippen LogP contribution in [0.4, 0.5) is 0 Å². The van der Waals surface area contributed by atoms with E-state index in [2.05, 4.69) is 202 Å². The van der Waals surface area contributed by atoms with Gasteiger partial charge in [0.1, 0.15) is 0 Å². The molecule has 6 aromatic rings. The number of hydrogen-bond donors (Lipinski definition) is 0. The van der Waals surface area contributed by atoms with Crippen LogP contribution in [0.1, 0.15) is 25.0 Å². The monoisotopic (exact) mass is 617 g/mol. The molecule has 0 aliphatic rings. The van der Waals surface area contributed by atoms with E-state index < -0.39 is 21.4 Å². The van der Waals surface area contributed by atoms with Gasteiger partial charge in [0.05, 0.1) is 11.0 Å². The molecule has 0 radical (unpaired) electrons. The molecule has 0 amide bonds. The number of aliphatic imine (C=N–C) groups is 1. The number of hydrogen-bond acceptors (Lipinski definition) is 1. The van der Waals surface area contributed by atoms with E-state index in [-0.39, 0.29) is 0 Å². The van der Waals surface area contributed by atoms with Crippen molar-refractivity contribution in [2.75, 3.05) is 0 Å². The Morgan fingerprint density at radius 3 is 1.11 bits per heavy atom. The molecule has 3 heteroatoms. The first kappa shape index (κ1) is 30.6. The smallest absolute Gasteiger partial charge is 0.0749 e. The average Bonchev–Trinajstić information content (AvgIpc) is 3.10. The summed E-state index contributed by atoms with van der Waals surface area (Å²) in [6.07, 6.45) is 2.43. The number of benzene rings is 6. The molecule has 0 aliphatic carbocycles. The van der Waals surface area contributed by atoms with E-state index in [4.69, 9.17) is 4.99 Å². The molecular weight excluding hydrogens is 580 g/mol. The van der Waals surface area contributed by atoms with Crippen LogP contribution in [0.2, 0.25) is 0 Å². The van der Waals surface area contributed by atoms with Gasteiger partial charge in [0.25, 0.3) is 0 Å². The Labute approximate surface area is 270 Å². The van der Waals surface area contributed by atoms with Crippen molar-refractivity contribution in [1.82, 2.24) is 0 Å². The highest BCUT2D eigenvalue weighted by Crippen LogP contribution is 2.50. The summed E-state index contributed by atoms with van der Waals surface area (Å²) in [5, 5.41) is 6.55. The van der Waals surface area contributed by atoms with Gasteiger partial charge in [-0.3, -0.25) is 4.99 Å². The van der Waals surface area contributed by atoms with Crippen molar-refractivity contribution in [1.29, 1.82) is 0 Å². The molecule has 6 rings (SSSR count). The van der Waals surface area contributed by atoms with Crippen LogP contribution in [0.25, 0.3) is 5.31 Å². The Morgan fingerprint density at radius 1 is 0.422 bits per heavy atom. The van der Waals surface area contributed by atoms with E-state index >= 15 is 0 Å². The standard InChI is InChI=1S/C42H37NP2/c1-42(2,33-40(34-21-9-3-10-22-34)44(36-25-13-5-14-26-36)37-27-15-6-16-28-37)43-41(35-23-11-4-12-24-35)45(38-29-17-7-18-30-38)39-31-19-8-20-32-39/h3-33H,1-2H3. The fourth-order valence-corrected chi connectivity index (χ4v) is 10.6. The van der Waals surface area contributed by atoms with Gasteiger partial charge in [-0.1, -0.05) is 182 Å². The molecule has 0 heterocycles. The van der Waals surface area contributed by atoms with Crippen LogP contribution in [-0.2, 0) is 0 Å². The van der Waals surface area contributed by atoms with Gasteiger partial charge in [0, 0.05) is 13.5 Å². The zero-order valence-electron chi connectivity index (χ0n) is 25.7. The van der Waals surface area contributed by atoms with Crippen molar-refractivity contribution >= 4 is 47.8 Å². The summed E-state index contributed by atoms with van der Waals surface area (Å²) in [5.41, 5.74) is 3.01. The molecule has 0 N–H and O–H groups in total. The van der Waals surface area contributed by atoms with E-state index in [0.29, 0.717) is 0 Å². The summed E-state index contributed by atoms with van der Waals surface area (Å²) in [4.78, 5) is 5.75. The first-order valence-electron chi connectivity index (χ1n) is 15.3. The summed E-state index contributed by atoms with van der Waals surface area (Å²) in [5.74, 6) is 0. The molecule has 45 heavy (non-hydrogen) atoms. The molecule has 0 aliphatic heterocycles. The normalized spacial score (nSPS) is 12.4. The minimum atomic E-state index is -0.911. The van der Waals surface area contributed by atoms with Crippen LogP contribution in [-0.4, -0.2) is 11.0 Å². The lowest BCUT2D eigenvalue weighted by Gasteiger charge is -2.29. The quantitative estimate of drug-likeness (QED) is 0.107. The Kier molecular flexibility index (Phi) is 9.92. The molecule has 0 saturated heterocycles. The highest BCUT2D eigenvalue weighted by Gasteiger charge is 2.28. The van der Waals surface area contributed by atoms with E-state index in [1.54, 1.807) is 0 Å². The lowest BCUT2D eigenvalue weighted by atomic mass is 10.0. The predicted octanol–water partition coefficient (Wildman–Crippen LogP) is 9.52. The first-order chi connectivity index (χ1) is 22.1. The molecule has 6 aromatic carbocycles.